The van der Waals surface area contributed by atoms with Gasteiger partial charge in [0, 0.05) is 4.47 Å². The van der Waals surface area contributed by atoms with Crippen LogP contribution in [-0.4, -0.2) is 12.0 Å². The number of nitrogens with one attached hydrogen (secondary N) is 1. The van der Waals surface area contributed by atoms with Gasteiger partial charge in [-0.15, -0.1) is 0 Å². The van der Waals surface area contributed by atoms with Gasteiger partial charge in [0.2, 0.25) is 0 Å². The van der Waals surface area contributed by atoms with Crippen LogP contribution in [0.5, 0.6) is 5.75 Å². The highest BCUT2D eigenvalue weighted by Gasteiger charge is 2.24. The number of halogens is 1. The summed E-state index contributed by atoms with van der Waals surface area (Å²) < 4.78 is 6.86. The van der Waals surface area contributed by atoms with Gasteiger partial charge in [-0.25, -0.2) is 0 Å². The van der Waals surface area contributed by atoms with Crippen molar-refractivity contribution in [3.63, 3.8) is 0 Å². The fourth-order valence-corrected chi connectivity index (χ4v) is 3.43. The monoisotopic (exact) mass is 423 g/mol. The van der Waals surface area contributed by atoms with Crippen LogP contribution >= 0.6 is 15.9 Å². The third kappa shape index (κ3) is 4.98. The number of rotatable bonds is 7. The van der Waals surface area contributed by atoms with Gasteiger partial charge in [0.05, 0.1) is 6.04 Å². The van der Waals surface area contributed by atoms with E-state index in [4.69, 9.17) is 4.74 Å². The average molecular weight is 424 g/mol. The molecule has 1 amide bonds. The molecule has 0 heterocycles. The molecular weight excluding hydrogens is 402 g/mol. The zero-order chi connectivity index (χ0) is 19.1. The second kappa shape index (κ2) is 9.38. The van der Waals surface area contributed by atoms with Crippen molar-refractivity contribution in [2.75, 3.05) is 0 Å². The van der Waals surface area contributed by atoms with Crippen molar-refractivity contribution in [2.24, 2.45) is 0 Å². The van der Waals surface area contributed by atoms with Gasteiger partial charge in [-0.1, -0.05) is 89.6 Å². The number of carbonyl (C=O) groups excluding carboxylic acids is 1. The molecule has 3 aromatic carbocycles. The first-order valence-electron chi connectivity index (χ1n) is 9.00. The van der Waals surface area contributed by atoms with Crippen molar-refractivity contribution in [1.29, 1.82) is 0 Å². The Bertz CT molecular complexity index is 868. The van der Waals surface area contributed by atoms with E-state index in [9.17, 15) is 4.79 Å². The molecule has 0 spiro atoms. The lowest BCUT2D eigenvalue weighted by Crippen LogP contribution is -2.40. The van der Waals surface area contributed by atoms with Gasteiger partial charge in [0.25, 0.3) is 5.91 Å². The Morgan fingerprint density at radius 1 is 0.926 bits per heavy atom. The number of carbonyl (C=O) groups is 1. The molecule has 0 fully saturated rings. The van der Waals surface area contributed by atoms with Crippen LogP contribution in [0.1, 0.15) is 30.5 Å². The minimum atomic E-state index is -0.555. The molecule has 138 valence electrons. The molecule has 27 heavy (non-hydrogen) atoms. The Kier molecular flexibility index (Phi) is 6.66. The summed E-state index contributed by atoms with van der Waals surface area (Å²) >= 11 is 3.61. The minimum Gasteiger partial charge on any atom is -0.481 e. The molecule has 3 nitrogen and oxygen atoms in total. The van der Waals surface area contributed by atoms with Crippen molar-refractivity contribution >= 4 is 21.8 Å². The van der Waals surface area contributed by atoms with E-state index in [1.54, 1.807) is 0 Å². The lowest BCUT2D eigenvalue weighted by molar-refractivity contribution is -0.128. The van der Waals surface area contributed by atoms with E-state index in [0.717, 1.165) is 15.6 Å². The fraction of sp³-hybridized carbons (Fsp3) is 0.174. The predicted molar refractivity (Wildman–Crippen MR) is 112 cm³/mol. The standard InChI is InChI=1S/C23H22BrNO2/c1-2-21(27-18-13-7-4-8-14-18)23(26)25-22(17-11-5-3-6-12-17)19-15-9-10-16-20(19)24/h3-16,21-22H,2H2,1H3,(H,25,26)/t21-,22-/m1/s1. The highest BCUT2D eigenvalue weighted by atomic mass is 79.9. The second-order valence-electron chi connectivity index (χ2n) is 6.20. The van der Waals surface area contributed by atoms with Crippen molar-refractivity contribution in [2.45, 2.75) is 25.5 Å². The first kappa shape index (κ1) is 19.2. The molecule has 2 atom stereocenters. The topological polar surface area (TPSA) is 38.3 Å². The third-order valence-corrected chi connectivity index (χ3v) is 5.04. The number of ether oxygens (including phenoxy) is 1. The van der Waals surface area contributed by atoms with E-state index in [0.29, 0.717) is 12.2 Å². The summed E-state index contributed by atoms with van der Waals surface area (Å²) in [5.74, 6) is 0.558. The Labute approximate surface area is 168 Å². The number of para-hydroxylation sites is 1. The molecule has 0 bridgehead atoms. The summed E-state index contributed by atoms with van der Waals surface area (Å²) in [4.78, 5) is 13.0. The number of hydrogen-bond donors (Lipinski definition) is 1. The molecule has 0 aliphatic heterocycles. The van der Waals surface area contributed by atoms with Crippen LogP contribution in [0.25, 0.3) is 0 Å². The van der Waals surface area contributed by atoms with Gasteiger partial charge in [0.1, 0.15) is 5.75 Å². The van der Waals surface area contributed by atoms with Gasteiger partial charge in [-0.05, 0) is 35.7 Å². The predicted octanol–water partition coefficient (Wildman–Crippen LogP) is 5.51. The molecule has 0 radical (unpaired) electrons. The van der Waals surface area contributed by atoms with Gasteiger partial charge >= 0.3 is 0 Å². The lowest BCUT2D eigenvalue weighted by atomic mass is 9.98. The van der Waals surface area contributed by atoms with E-state index in [2.05, 4.69) is 21.2 Å². The van der Waals surface area contributed by atoms with Crippen molar-refractivity contribution in [3.05, 3.63) is 101 Å². The smallest absolute Gasteiger partial charge is 0.261 e. The molecule has 1 N–H and O–H groups in total. The Morgan fingerprint density at radius 3 is 2.15 bits per heavy atom. The van der Waals surface area contributed by atoms with Gasteiger partial charge in [-0.2, -0.15) is 0 Å². The number of hydrogen-bond acceptors (Lipinski definition) is 2. The molecule has 0 aliphatic carbocycles. The van der Waals surface area contributed by atoms with Crippen LogP contribution in [0, 0.1) is 0 Å². The maximum Gasteiger partial charge on any atom is 0.261 e. The summed E-state index contributed by atoms with van der Waals surface area (Å²) in [5.41, 5.74) is 2.03. The van der Waals surface area contributed by atoms with E-state index < -0.39 is 6.10 Å². The molecule has 0 saturated heterocycles. The van der Waals surface area contributed by atoms with Crippen LogP contribution in [0.3, 0.4) is 0 Å². The molecule has 0 aliphatic rings. The Hall–Kier alpha value is -2.59. The van der Waals surface area contributed by atoms with Crippen LogP contribution < -0.4 is 10.1 Å². The minimum absolute atomic E-state index is 0.133. The first-order chi connectivity index (χ1) is 13.2. The van der Waals surface area contributed by atoms with Crippen LogP contribution in [0.4, 0.5) is 0 Å². The number of amides is 1. The SMILES string of the molecule is CC[C@@H](Oc1ccccc1)C(=O)N[C@H](c1ccccc1)c1ccccc1Br. The zero-order valence-corrected chi connectivity index (χ0v) is 16.7. The molecule has 0 unspecified atom stereocenters. The average Bonchev–Trinajstić information content (AvgIpc) is 2.72. The zero-order valence-electron chi connectivity index (χ0n) is 15.1. The lowest BCUT2D eigenvalue weighted by Gasteiger charge is -2.24. The second-order valence-corrected chi connectivity index (χ2v) is 7.06. The van der Waals surface area contributed by atoms with Crippen LogP contribution in [0.15, 0.2) is 89.4 Å². The molecule has 0 aromatic heterocycles. The van der Waals surface area contributed by atoms with Crippen molar-refractivity contribution in [1.82, 2.24) is 5.32 Å². The van der Waals surface area contributed by atoms with E-state index in [-0.39, 0.29) is 11.9 Å². The van der Waals surface area contributed by atoms with E-state index in [1.165, 1.54) is 0 Å². The molecule has 3 aromatic rings. The maximum absolute atomic E-state index is 13.0. The highest BCUT2D eigenvalue weighted by Crippen LogP contribution is 2.29. The van der Waals surface area contributed by atoms with E-state index >= 15 is 0 Å². The molecule has 4 heteroatoms. The quantitative estimate of drug-likeness (QED) is 0.543. The molecule has 0 saturated carbocycles. The summed E-state index contributed by atoms with van der Waals surface area (Å²) in [6.45, 7) is 1.95. The highest BCUT2D eigenvalue weighted by molar-refractivity contribution is 9.10. The van der Waals surface area contributed by atoms with Gasteiger partial charge < -0.3 is 10.1 Å². The summed E-state index contributed by atoms with van der Waals surface area (Å²) in [6.07, 6.45) is 0.0270. The Morgan fingerprint density at radius 2 is 1.52 bits per heavy atom. The fourth-order valence-electron chi connectivity index (χ4n) is 2.92. The molecular formula is C23H22BrNO2. The summed E-state index contributed by atoms with van der Waals surface area (Å²) in [7, 11) is 0. The van der Waals surface area contributed by atoms with Gasteiger partial charge in [0.15, 0.2) is 6.10 Å². The maximum atomic E-state index is 13.0. The summed E-state index contributed by atoms with van der Waals surface area (Å²) in [5, 5.41) is 3.17. The van der Waals surface area contributed by atoms with Crippen LogP contribution in [0.2, 0.25) is 0 Å². The number of benzene rings is 3. The summed E-state index contributed by atoms with van der Waals surface area (Å²) in [6, 6.07) is 27.1. The van der Waals surface area contributed by atoms with Gasteiger partial charge in [-0.3, -0.25) is 4.79 Å². The first-order valence-corrected chi connectivity index (χ1v) is 9.79. The third-order valence-electron chi connectivity index (χ3n) is 4.32. The Balaban J connectivity index is 1.85. The normalized spacial score (nSPS) is 12.8. The largest absolute Gasteiger partial charge is 0.481 e. The van der Waals surface area contributed by atoms with Crippen LogP contribution in [-0.2, 0) is 4.79 Å². The van der Waals surface area contributed by atoms with Crippen molar-refractivity contribution < 1.29 is 9.53 Å². The molecule has 3 rings (SSSR count). The van der Waals surface area contributed by atoms with Crippen molar-refractivity contribution in [3.8, 4) is 5.75 Å². The van der Waals surface area contributed by atoms with E-state index in [1.807, 2.05) is 91.9 Å².